The van der Waals surface area contributed by atoms with Gasteiger partial charge in [0.15, 0.2) is 0 Å². The van der Waals surface area contributed by atoms with Crippen LogP contribution in [0.5, 0.6) is 11.5 Å². The van der Waals surface area contributed by atoms with Crippen molar-refractivity contribution in [1.82, 2.24) is 0 Å². The van der Waals surface area contributed by atoms with E-state index < -0.39 is 24.1 Å². The number of aliphatic hydroxyl groups excluding tert-OH is 2. The lowest BCUT2D eigenvalue weighted by atomic mass is 9.77. The van der Waals surface area contributed by atoms with E-state index >= 15 is 0 Å². The second-order valence-electron chi connectivity index (χ2n) is 10.3. The Morgan fingerprint density at radius 3 is 1.41 bits per heavy atom. The first-order chi connectivity index (χ1) is 18.2. The van der Waals surface area contributed by atoms with E-state index in [2.05, 4.69) is 27.0 Å². The lowest BCUT2D eigenvalue weighted by Gasteiger charge is -2.28. The summed E-state index contributed by atoms with van der Waals surface area (Å²) in [5.41, 5.74) is 4.17. The molecule has 2 aromatic rings. The highest BCUT2D eigenvalue weighted by atomic mass is 16.6. The van der Waals surface area contributed by atoms with Crippen molar-refractivity contribution >= 4 is 11.9 Å². The number of esters is 2. The Labute approximate surface area is 230 Å². The van der Waals surface area contributed by atoms with Crippen molar-refractivity contribution in [3.05, 3.63) is 83.0 Å². The highest BCUT2D eigenvalue weighted by molar-refractivity contribution is 5.87. The fraction of sp³-hybridized carbons (Fsp3) is 0.419. The van der Waals surface area contributed by atoms with Gasteiger partial charge >= 0.3 is 11.9 Å². The van der Waals surface area contributed by atoms with Gasteiger partial charge in [0.05, 0.1) is 0 Å². The third kappa shape index (κ3) is 9.26. The maximum Gasteiger partial charge on any atom is 0.333 e. The first-order valence-electron chi connectivity index (χ1n) is 12.7. The van der Waals surface area contributed by atoms with Gasteiger partial charge in [0.25, 0.3) is 0 Å². The summed E-state index contributed by atoms with van der Waals surface area (Å²) in [5, 5.41) is 20.1. The van der Waals surface area contributed by atoms with E-state index in [1.165, 1.54) is 0 Å². The maximum atomic E-state index is 11.5. The smallest absolute Gasteiger partial charge is 0.333 e. The van der Waals surface area contributed by atoms with Crippen LogP contribution in [0.1, 0.15) is 49.9 Å². The van der Waals surface area contributed by atoms with Crippen LogP contribution < -0.4 is 9.47 Å². The molecule has 0 bridgehead atoms. The fourth-order valence-corrected chi connectivity index (χ4v) is 3.63. The van der Waals surface area contributed by atoms with E-state index in [0.717, 1.165) is 22.3 Å². The van der Waals surface area contributed by atoms with Crippen molar-refractivity contribution in [2.24, 2.45) is 0 Å². The molecule has 0 aliphatic heterocycles. The van der Waals surface area contributed by atoms with Gasteiger partial charge < -0.3 is 29.2 Å². The van der Waals surface area contributed by atoms with Gasteiger partial charge in [-0.15, -0.1) is 0 Å². The Bertz CT molecular complexity index is 1110. The molecule has 212 valence electrons. The molecule has 0 aliphatic rings. The Morgan fingerprint density at radius 1 is 0.744 bits per heavy atom. The molecule has 2 N–H and O–H groups in total. The summed E-state index contributed by atoms with van der Waals surface area (Å²) < 4.78 is 21.4. The van der Waals surface area contributed by atoms with Gasteiger partial charge in [-0.05, 0) is 62.1 Å². The molecule has 0 saturated carbocycles. The minimum atomic E-state index is -0.958. The van der Waals surface area contributed by atoms with Gasteiger partial charge in [0, 0.05) is 16.6 Å². The third-order valence-corrected chi connectivity index (χ3v) is 6.17. The van der Waals surface area contributed by atoms with Crippen LogP contribution in [0, 0.1) is 13.8 Å². The lowest BCUT2D eigenvalue weighted by Crippen LogP contribution is -2.26. The lowest BCUT2D eigenvalue weighted by molar-refractivity contribution is -0.143. The van der Waals surface area contributed by atoms with Crippen molar-refractivity contribution in [2.75, 3.05) is 26.4 Å². The molecule has 0 saturated heterocycles. The number of rotatable bonds is 14. The Hall–Kier alpha value is -3.62. The van der Waals surface area contributed by atoms with Gasteiger partial charge in [-0.2, -0.15) is 0 Å². The highest BCUT2D eigenvalue weighted by Crippen LogP contribution is 2.36. The molecule has 0 radical (unpaired) electrons. The molecule has 2 atom stereocenters. The van der Waals surface area contributed by atoms with E-state index in [0.29, 0.717) is 11.5 Å². The molecular weight excluding hydrogens is 500 g/mol. The number of aliphatic hydroxyl groups is 2. The van der Waals surface area contributed by atoms with Crippen LogP contribution >= 0.6 is 0 Å². The molecule has 0 heterocycles. The minimum absolute atomic E-state index is 0.0151. The van der Waals surface area contributed by atoms with Crippen LogP contribution in [0.15, 0.2) is 60.7 Å². The highest BCUT2D eigenvalue weighted by Gasteiger charge is 2.25. The van der Waals surface area contributed by atoms with Gasteiger partial charge in [-0.3, -0.25) is 0 Å². The number of benzene rings is 2. The Balaban J connectivity index is 2.01. The van der Waals surface area contributed by atoms with Gasteiger partial charge in [0.1, 0.15) is 50.1 Å². The first-order valence-corrected chi connectivity index (χ1v) is 12.7. The normalized spacial score (nSPS) is 12.7. The zero-order valence-electron chi connectivity index (χ0n) is 23.7. The van der Waals surface area contributed by atoms with E-state index in [1.54, 1.807) is 13.8 Å². The number of hydrogen-bond donors (Lipinski definition) is 2. The SMILES string of the molecule is C=C(C)C(=O)OCC(O)COc1ccc(C(C)(C)c2ccc(OCC(O)COC(=O)C(=C)C)c(C)c2)cc1C. The van der Waals surface area contributed by atoms with E-state index in [4.69, 9.17) is 18.9 Å². The zero-order chi connectivity index (χ0) is 29.3. The number of carbonyl (C=O) groups is 2. The van der Waals surface area contributed by atoms with Crippen LogP contribution in [-0.4, -0.2) is 60.8 Å². The minimum Gasteiger partial charge on any atom is -0.490 e. The van der Waals surface area contributed by atoms with Crippen molar-refractivity contribution in [3.8, 4) is 11.5 Å². The molecule has 0 spiro atoms. The van der Waals surface area contributed by atoms with Crippen LogP contribution in [0.2, 0.25) is 0 Å². The van der Waals surface area contributed by atoms with Gasteiger partial charge in [0.2, 0.25) is 0 Å². The van der Waals surface area contributed by atoms with Crippen molar-refractivity contribution in [2.45, 2.75) is 59.2 Å². The predicted molar refractivity (Wildman–Crippen MR) is 149 cm³/mol. The Morgan fingerprint density at radius 2 is 1.10 bits per heavy atom. The third-order valence-electron chi connectivity index (χ3n) is 6.17. The molecular formula is C31H40O8. The summed E-state index contributed by atoms with van der Waals surface area (Å²) in [6.45, 7) is 17.8. The summed E-state index contributed by atoms with van der Waals surface area (Å²) in [4.78, 5) is 23.0. The molecule has 2 rings (SSSR count). The quantitative estimate of drug-likeness (QED) is 0.269. The second kappa shape index (κ2) is 14.0. The molecule has 0 fully saturated rings. The van der Waals surface area contributed by atoms with Crippen LogP contribution in [-0.2, 0) is 24.5 Å². The molecule has 0 amide bonds. The maximum absolute atomic E-state index is 11.5. The second-order valence-corrected chi connectivity index (χ2v) is 10.3. The largest absolute Gasteiger partial charge is 0.490 e. The van der Waals surface area contributed by atoms with E-state index in [9.17, 15) is 19.8 Å². The number of hydrogen-bond acceptors (Lipinski definition) is 8. The molecule has 8 heteroatoms. The summed E-state index contributed by atoms with van der Waals surface area (Å²) >= 11 is 0. The Kier molecular flexibility index (Phi) is 11.3. The summed E-state index contributed by atoms with van der Waals surface area (Å²) in [7, 11) is 0. The molecule has 0 aliphatic carbocycles. The first kappa shape index (κ1) is 31.6. The molecule has 0 aromatic heterocycles. The van der Waals surface area contributed by atoms with Gasteiger partial charge in [-0.1, -0.05) is 51.3 Å². The van der Waals surface area contributed by atoms with E-state index in [-0.39, 0.29) is 43.0 Å². The average Bonchev–Trinajstić information content (AvgIpc) is 2.88. The molecule has 8 nitrogen and oxygen atoms in total. The number of ether oxygens (including phenoxy) is 4. The fourth-order valence-electron chi connectivity index (χ4n) is 3.63. The monoisotopic (exact) mass is 540 g/mol. The number of carbonyl (C=O) groups excluding carboxylic acids is 2. The average molecular weight is 541 g/mol. The summed E-state index contributed by atoms with van der Waals surface area (Å²) in [5.74, 6) is 0.163. The summed E-state index contributed by atoms with van der Waals surface area (Å²) in [6, 6.07) is 11.8. The van der Waals surface area contributed by atoms with Crippen LogP contribution in [0.3, 0.4) is 0 Å². The topological polar surface area (TPSA) is 112 Å². The van der Waals surface area contributed by atoms with E-state index in [1.807, 2.05) is 50.2 Å². The van der Waals surface area contributed by atoms with Crippen LogP contribution in [0.25, 0.3) is 0 Å². The molecule has 39 heavy (non-hydrogen) atoms. The number of aryl methyl sites for hydroxylation is 2. The zero-order valence-corrected chi connectivity index (χ0v) is 23.7. The standard InChI is InChI=1S/C31H40O8/c1-19(2)29(34)38-17-25(32)15-36-27-11-9-23(13-21(27)5)31(7,8)24-10-12-28(22(6)14-24)37-16-26(33)18-39-30(35)20(3)4/h9-14,25-26,32-33H,1,3,15-18H2,2,4-8H3. The molecule has 2 unspecified atom stereocenters. The van der Waals surface area contributed by atoms with Crippen molar-refractivity contribution in [1.29, 1.82) is 0 Å². The van der Waals surface area contributed by atoms with Crippen molar-refractivity contribution in [3.63, 3.8) is 0 Å². The van der Waals surface area contributed by atoms with Crippen LogP contribution in [0.4, 0.5) is 0 Å². The molecule has 2 aromatic carbocycles. The van der Waals surface area contributed by atoms with Gasteiger partial charge in [-0.25, -0.2) is 9.59 Å². The predicted octanol–water partition coefficient (Wildman–Crippen LogP) is 4.35. The summed E-state index contributed by atoms with van der Waals surface area (Å²) in [6.07, 6.45) is -1.92. The van der Waals surface area contributed by atoms with Crippen molar-refractivity contribution < 1.29 is 38.7 Å².